The number of rotatable bonds is 7. The number of nitrogens with one attached hydrogen (secondary N) is 2. The van der Waals surface area contributed by atoms with Crippen molar-refractivity contribution >= 4 is 40.1 Å². The third kappa shape index (κ3) is 5.08. The molecule has 0 bridgehead atoms. The van der Waals surface area contributed by atoms with E-state index in [9.17, 15) is 10.1 Å². The average Bonchev–Trinajstić information content (AvgIpc) is 2.79. The van der Waals surface area contributed by atoms with Crippen molar-refractivity contribution in [3.05, 3.63) is 101 Å². The molecule has 3 aromatic carbocycles. The van der Waals surface area contributed by atoms with E-state index in [0.29, 0.717) is 17.1 Å². The highest BCUT2D eigenvalue weighted by molar-refractivity contribution is 5.77. The third-order valence-electron chi connectivity index (χ3n) is 4.45. The SMILES string of the molecule is Cc1cccc(Nc2ncnc(Nc3ccc(N=Nc4ccccc4)cc3)c2[N+](=O)[O-])c1. The molecule has 0 spiro atoms. The first-order valence-corrected chi connectivity index (χ1v) is 9.75. The molecule has 0 fully saturated rings. The van der Waals surface area contributed by atoms with Gasteiger partial charge >= 0.3 is 5.69 Å². The minimum atomic E-state index is -0.511. The molecular formula is C23H19N7O2. The Morgan fingerprint density at radius 2 is 1.41 bits per heavy atom. The highest BCUT2D eigenvalue weighted by Gasteiger charge is 2.23. The number of aromatic nitrogens is 2. The molecule has 4 rings (SSSR count). The van der Waals surface area contributed by atoms with E-state index in [0.717, 1.165) is 11.3 Å². The van der Waals surface area contributed by atoms with Crippen LogP contribution < -0.4 is 10.6 Å². The predicted molar refractivity (Wildman–Crippen MR) is 123 cm³/mol. The van der Waals surface area contributed by atoms with Crippen LogP contribution in [0.5, 0.6) is 0 Å². The lowest BCUT2D eigenvalue weighted by Crippen LogP contribution is -2.05. The Balaban J connectivity index is 1.55. The van der Waals surface area contributed by atoms with Crippen LogP contribution in [0.15, 0.2) is 95.4 Å². The van der Waals surface area contributed by atoms with Crippen LogP contribution in [0.25, 0.3) is 0 Å². The van der Waals surface area contributed by atoms with E-state index < -0.39 is 4.92 Å². The van der Waals surface area contributed by atoms with E-state index in [-0.39, 0.29) is 17.3 Å². The summed E-state index contributed by atoms with van der Waals surface area (Å²) in [7, 11) is 0. The molecule has 0 atom stereocenters. The molecular weight excluding hydrogens is 406 g/mol. The maximum atomic E-state index is 11.8. The third-order valence-corrected chi connectivity index (χ3v) is 4.45. The van der Waals surface area contributed by atoms with E-state index in [1.807, 2.05) is 61.5 Å². The number of hydrogen-bond acceptors (Lipinski definition) is 8. The molecule has 1 aromatic heterocycles. The summed E-state index contributed by atoms with van der Waals surface area (Å²) < 4.78 is 0. The number of hydrogen-bond donors (Lipinski definition) is 2. The summed E-state index contributed by atoms with van der Waals surface area (Å²) in [5.41, 5.74) is 3.49. The van der Waals surface area contributed by atoms with Gasteiger partial charge in [0.1, 0.15) is 6.33 Å². The maximum Gasteiger partial charge on any atom is 0.353 e. The van der Waals surface area contributed by atoms with Crippen LogP contribution in [0.4, 0.5) is 40.1 Å². The molecule has 0 radical (unpaired) electrons. The van der Waals surface area contributed by atoms with Gasteiger partial charge < -0.3 is 10.6 Å². The summed E-state index contributed by atoms with van der Waals surface area (Å²) in [5.74, 6) is 0.185. The number of benzene rings is 3. The van der Waals surface area contributed by atoms with Gasteiger partial charge in [0.15, 0.2) is 0 Å². The van der Waals surface area contributed by atoms with Gasteiger partial charge in [-0.2, -0.15) is 10.2 Å². The topological polar surface area (TPSA) is 118 Å². The van der Waals surface area contributed by atoms with Crippen molar-refractivity contribution in [1.82, 2.24) is 9.97 Å². The zero-order chi connectivity index (χ0) is 22.3. The second kappa shape index (κ2) is 9.43. The number of aryl methyl sites for hydroxylation is 1. The highest BCUT2D eigenvalue weighted by Crippen LogP contribution is 2.33. The first-order valence-electron chi connectivity index (χ1n) is 9.75. The van der Waals surface area contributed by atoms with Crippen LogP contribution in [0.1, 0.15) is 5.56 Å². The van der Waals surface area contributed by atoms with Gasteiger partial charge in [-0.25, -0.2) is 9.97 Å². The van der Waals surface area contributed by atoms with Crippen LogP contribution in [0.2, 0.25) is 0 Å². The Bertz CT molecular complexity index is 1260. The summed E-state index contributed by atoms with van der Waals surface area (Å²) in [6, 6.07) is 23.9. The number of nitrogens with zero attached hydrogens (tertiary/aromatic N) is 5. The van der Waals surface area contributed by atoms with Crippen LogP contribution in [0.3, 0.4) is 0 Å². The minimum Gasteiger partial charge on any atom is -0.334 e. The molecule has 4 aromatic rings. The minimum absolute atomic E-state index is 0.0822. The molecule has 0 aliphatic heterocycles. The Labute approximate surface area is 184 Å². The molecule has 9 nitrogen and oxygen atoms in total. The van der Waals surface area contributed by atoms with Crippen LogP contribution in [-0.2, 0) is 0 Å². The van der Waals surface area contributed by atoms with Gasteiger partial charge in [0, 0.05) is 11.4 Å². The van der Waals surface area contributed by atoms with E-state index in [2.05, 4.69) is 30.8 Å². The summed E-state index contributed by atoms with van der Waals surface area (Å²) in [5, 5.41) is 26.1. The van der Waals surface area contributed by atoms with E-state index in [4.69, 9.17) is 0 Å². The fraction of sp³-hybridized carbons (Fsp3) is 0.0435. The van der Waals surface area contributed by atoms with Crippen molar-refractivity contribution in [3.63, 3.8) is 0 Å². The summed E-state index contributed by atoms with van der Waals surface area (Å²) in [4.78, 5) is 19.4. The van der Waals surface area contributed by atoms with Crippen molar-refractivity contribution in [1.29, 1.82) is 0 Å². The second-order valence-electron chi connectivity index (χ2n) is 6.88. The Morgan fingerprint density at radius 1 is 0.781 bits per heavy atom. The molecule has 1 heterocycles. The summed E-state index contributed by atoms with van der Waals surface area (Å²) in [6.45, 7) is 1.94. The van der Waals surface area contributed by atoms with Crippen molar-refractivity contribution in [2.75, 3.05) is 10.6 Å². The van der Waals surface area contributed by atoms with Gasteiger partial charge in [0.2, 0.25) is 11.6 Å². The maximum absolute atomic E-state index is 11.8. The fourth-order valence-electron chi connectivity index (χ4n) is 2.95. The van der Waals surface area contributed by atoms with Gasteiger partial charge in [-0.05, 0) is 61.0 Å². The number of nitro groups is 1. The Hall–Kier alpha value is -4.66. The average molecular weight is 425 g/mol. The molecule has 0 aliphatic rings. The first kappa shape index (κ1) is 20.6. The zero-order valence-corrected chi connectivity index (χ0v) is 17.1. The van der Waals surface area contributed by atoms with Crippen molar-refractivity contribution in [2.45, 2.75) is 6.92 Å². The fourth-order valence-corrected chi connectivity index (χ4v) is 2.95. The van der Waals surface area contributed by atoms with Crippen LogP contribution in [-0.4, -0.2) is 14.9 Å². The van der Waals surface area contributed by atoms with Crippen LogP contribution in [0, 0.1) is 17.0 Å². The van der Waals surface area contributed by atoms with Gasteiger partial charge in [0.25, 0.3) is 0 Å². The van der Waals surface area contributed by atoms with Crippen molar-refractivity contribution < 1.29 is 4.92 Å². The Kier molecular flexibility index (Phi) is 6.08. The molecule has 0 unspecified atom stereocenters. The molecule has 0 saturated carbocycles. The van der Waals surface area contributed by atoms with E-state index in [1.165, 1.54) is 6.33 Å². The number of azo groups is 1. The van der Waals surface area contributed by atoms with Crippen molar-refractivity contribution in [3.8, 4) is 0 Å². The molecule has 9 heteroatoms. The quantitative estimate of drug-likeness (QED) is 0.196. The zero-order valence-electron chi connectivity index (χ0n) is 17.1. The highest BCUT2D eigenvalue weighted by atomic mass is 16.6. The van der Waals surface area contributed by atoms with Crippen LogP contribution >= 0.6 is 0 Å². The second-order valence-corrected chi connectivity index (χ2v) is 6.88. The first-order chi connectivity index (χ1) is 15.6. The van der Waals surface area contributed by atoms with Crippen molar-refractivity contribution in [2.24, 2.45) is 10.2 Å². The predicted octanol–water partition coefficient (Wildman–Crippen LogP) is 6.60. The normalized spacial score (nSPS) is 10.8. The monoisotopic (exact) mass is 425 g/mol. The lowest BCUT2D eigenvalue weighted by atomic mass is 10.2. The molecule has 0 amide bonds. The molecule has 0 saturated heterocycles. The van der Waals surface area contributed by atoms with Gasteiger partial charge in [-0.1, -0.05) is 30.3 Å². The lowest BCUT2D eigenvalue weighted by molar-refractivity contribution is -0.383. The molecule has 32 heavy (non-hydrogen) atoms. The largest absolute Gasteiger partial charge is 0.353 e. The smallest absolute Gasteiger partial charge is 0.334 e. The van der Waals surface area contributed by atoms with Gasteiger partial charge in [-0.3, -0.25) is 10.1 Å². The lowest BCUT2D eigenvalue weighted by Gasteiger charge is -2.10. The summed E-state index contributed by atoms with van der Waals surface area (Å²) in [6.07, 6.45) is 1.27. The number of anilines is 4. The molecule has 158 valence electrons. The molecule has 2 N–H and O–H groups in total. The standard InChI is InChI=1S/C23H19N7O2/c1-16-6-5-9-20(14-16)27-23-21(30(31)32)22(24-15-25-23)26-17-10-12-19(13-11-17)29-28-18-7-3-2-4-8-18/h2-15H,1H3,(H2,24,25,26,27). The van der Waals surface area contributed by atoms with E-state index >= 15 is 0 Å². The molecule has 0 aliphatic carbocycles. The Morgan fingerprint density at radius 3 is 2.03 bits per heavy atom. The summed E-state index contributed by atoms with van der Waals surface area (Å²) >= 11 is 0. The van der Waals surface area contributed by atoms with Gasteiger partial charge in [0.05, 0.1) is 16.3 Å². The van der Waals surface area contributed by atoms with Gasteiger partial charge in [-0.15, -0.1) is 0 Å². The van der Waals surface area contributed by atoms with E-state index in [1.54, 1.807) is 24.3 Å².